The monoisotopic (exact) mass is 354 g/mol. The van der Waals surface area contributed by atoms with Crippen molar-refractivity contribution in [3.8, 4) is 0 Å². The fraction of sp³-hybridized carbons (Fsp3) is 0.722. The Morgan fingerprint density at radius 1 is 1.39 bits per heavy atom. The third kappa shape index (κ3) is 4.09. The molecule has 2 saturated heterocycles. The second-order valence-corrected chi connectivity index (χ2v) is 8.85. The summed E-state index contributed by atoms with van der Waals surface area (Å²) < 4.78 is 0.794. The molecule has 128 valence electrons. The fourth-order valence-corrected chi connectivity index (χ4v) is 5.43. The van der Waals surface area contributed by atoms with Crippen molar-refractivity contribution in [1.82, 2.24) is 10.2 Å². The first-order chi connectivity index (χ1) is 11.1. The second-order valence-electron chi connectivity index (χ2n) is 7.10. The average Bonchev–Trinajstić information content (AvgIpc) is 3.05. The first kappa shape index (κ1) is 17.2. The molecule has 2 aliphatic rings. The first-order valence-corrected chi connectivity index (χ1v) is 10.1. The van der Waals surface area contributed by atoms with E-state index in [9.17, 15) is 4.79 Å². The zero-order valence-corrected chi connectivity index (χ0v) is 15.6. The molecule has 1 aromatic rings. The van der Waals surface area contributed by atoms with Gasteiger partial charge in [-0.1, -0.05) is 25.4 Å². The van der Waals surface area contributed by atoms with E-state index in [1.54, 1.807) is 11.3 Å². The standard InChI is InChI=1S/C18H27ClN2OS/c1-3-18(22)20-15(16-6-7-17(19)23-16)8-9-21-13-4-5-14(21)11-12(2)10-13/h6-7,12-15H,3-5,8-11H2,1-2H3,(H,20,22)/t12?,13?,14?,15-/m0/s1. The summed E-state index contributed by atoms with van der Waals surface area (Å²) >= 11 is 7.68. The fourth-order valence-electron chi connectivity index (χ4n) is 4.29. The normalized spacial score (nSPS) is 28.7. The zero-order valence-electron chi connectivity index (χ0n) is 14.1. The Balaban J connectivity index is 1.63. The zero-order chi connectivity index (χ0) is 16.4. The van der Waals surface area contributed by atoms with Crippen LogP contribution in [0.1, 0.15) is 63.3 Å². The number of nitrogens with zero attached hydrogens (tertiary/aromatic N) is 1. The van der Waals surface area contributed by atoms with E-state index < -0.39 is 0 Å². The lowest BCUT2D eigenvalue weighted by molar-refractivity contribution is -0.121. The van der Waals surface area contributed by atoms with Crippen LogP contribution in [0.5, 0.6) is 0 Å². The molecule has 1 N–H and O–H groups in total. The Labute approximate surface area is 148 Å². The Morgan fingerprint density at radius 2 is 2.09 bits per heavy atom. The number of piperidine rings is 1. The SMILES string of the molecule is CCC(=O)N[C@@H](CCN1C2CCC1CC(C)C2)c1ccc(Cl)s1. The Bertz CT molecular complexity index is 533. The molecule has 2 fully saturated rings. The highest BCUT2D eigenvalue weighted by atomic mass is 35.5. The van der Waals surface area contributed by atoms with Crippen LogP contribution in [0.3, 0.4) is 0 Å². The molecular formula is C18H27ClN2OS. The van der Waals surface area contributed by atoms with E-state index in [1.807, 2.05) is 13.0 Å². The highest BCUT2D eigenvalue weighted by molar-refractivity contribution is 7.16. The van der Waals surface area contributed by atoms with Crippen LogP contribution in [0, 0.1) is 5.92 Å². The topological polar surface area (TPSA) is 32.3 Å². The minimum absolute atomic E-state index is 0.0960. The van der Waals surface area contributed by atoms with Crippen molar-refractivity contribution in [2.75, 3.05) is 6.54 Å². The maximum Gasteiger partial charge on any atom is 0.220 e. The predicted octanol–water partition coefficient (Wildman–Crippen LogP) is 4.62. The van der Waals surface area contributed by atoms with E-state index in [4.69, 9.17) is 11.6 Å². The lowest BCUT2D eigenvalue weighted by Gasteiger charge is -2.38. The lowest BCUT2D eigenvalue weighted by Crippen LogP contribution is -2.43. The molecule has 1 amide bonds. The van der Waals surface area contributed by atoms with Crippen LogP contribution in [0.4, 0.5) is 0 Å². The maximum absolute atomic E-state index is 11.9. The number of thiophene rings is 1. The molecule has 3 rings (SSSR count). The number of carbonyl (C=O) groups excluding carboxylic acids is 1. The van der Waals surface area contributed by atoms with Gasteiger partial charge in [0, 0.05) is 29.9 Å². The average molecular weight is 355 g/mol. The van der Waals surface area contributed by atoms with Crippen LogP contribution in [-0.2, 0) is 4.79 Å². The van der Waals surface area contributed by atoms with Crippen molar-refractivity contribution in [3.05, 3.63) is 21.3 Å². The van der Waals surface area contributed by atoms with E-state index in [-0.39, 0.29) is 11.9 Å². The van der Waals surface area contributed by atoms with Crippen LogP contribution < -0.4 is 5.32 Å². The van der Waals surface area contributed by atoms with Crippen LogP contribution in [-0.4, -0.2) is 29.4 Å². The van der Waals surface area contributed by atoms with Crippen LogP contribution in [0.15, 0.2) is 12.1 Å². The minimum atomic E-state index is 0.0960. The van der Waals surface area contributed by atoms with E-state index in [0.717, 1.165) is 35.3 Å². The number of halogens is 1. The molecule has 3 nitrogen and oxygen atoms in total. The van der Waals surface area contributed by atoms with Gasteiger partial charge in [0.05, 0.1) is 10.4 Å². The molecule has 5 heteroatoms. The van der Waals surface area contributed by atoms with Crippen LogP contribution >= 0.6 is 22.9 Å². The van der Waals surface area contributed by atoms with Crippen LogP contribution in [0.2, 0.25) is 4.34 Å². The van der Waals surface area contributed by atoms with Gasteiger partial charge in [0.25, 0.3) is 0 Å². The van der Waals surface area contributed by atoms with Gasteiger partial charge >= 0.3 is 0 Å². The van der Waals surface area contributed by atoms with Crippen molar-refractivity contribution in [2.45, 2.75) is 70.5 Å². The summed E-state index contributed by atoms with van der Waals surface area (Å²) in [5, 5.41) is 3.18. The van der Waals surface area contributed by atoms with Crippen molar-refractivity contribution >= 4 is 28.8 Å². The highest BCUT2D eigenvalue weighted by Gasteiger charge is 2.39. The molecule has 2 aliphatic heterocycles. The van der Waals surface area contributed by atoms with Gasteiger partial charge in [-0.05, 0) is 50.2 Å². The summed E-state index contributed by atoms with van der Waals surface area (Å²) in [5.74, 6) is 0.991. The summed E-state index contributed by atoms with van der Waals surface area (Å²) in [4.78, 5) is 15.8. The van der Waals surface area contributed by atoms with E-state index >= 15 is 0 Å². The molecule has 0 aliphatic carbocycles. The van der Waals surface area contributed by atoms with E-state index in [2.05, 4.69) is 23.2 Å². The number of fused-ring (bicyclic) bond motifs is 2. The smallest absolute Gasteiger partial charge is 0.220 e. The first-order valence-electron chi connectivity index (χ1n) is 8.87. The summed E-state index contributed by atoms with van der Waals surface area (Å²) in [6.07, 6.45) is 6.89. The summed E-state index contributed by atoms with van der Waals surface area (Å²) in [7, 11) is 0. The van der Waals surface area contributed by atoms with Gasteiger partial charge in [0.1, 0.15) is 0 Å². The molecule has 3 heterocycles. The minimum Gasteiger partial charge on any atom is -0.348 e. The van der Waals surface area contributed by atoms with Gasteiger partial charge in [-0.3, -0.25) is 9.69 Å². The molecule has 3 atom stereocenters. The van der Waals surface area contributed by atoms with Gasteiger partial charge in [0.2, 0.25) is 5.91 Å². The molecular weight excluding hydrogens is 328 g/mol. The third-order valence-corrected chi connectivity index (χ3v) is 6.73. The lowest BCUT2D eigenvalue weighted by atomic mass is 9.92. The maximum atomic E-state index is 11.9. The van der Waals surface area contributed by atoms with E-state index in [0.29, 0.717) is 6.42 Å². The third-order valence-electron chi connectivity index (χ3n) is 5.39. The summed E-state index contributed by atoms with van der Waals surface area (Å²) in [5.41, 5.74) is 0. The van der Waals surface area contributed by atoms with Crippen molar-refractivity contribution < 1.29 is 4.79 Å². The molecule has 1 aromatic heterocycles. The molecule has 0 radical (unpaired) electrons. The highest BCUT2D eigenvalue weighted by Crippen LogP contribution is 2.39. The quantitative estimate of drug-likeness (QED) is 0.808. The van der Waals surface area contributed by atoms with Gasteiger partial charge in [-0.15, -0.1) is 11.3 Å². The Morgan fingerprint density at radius 3 is 2.65 bits per heavy atom. The van der Waals surface area contributed by atoms with Crippen LogP contribution in [0.25, 0.3) is 0 Å². The van der Waals surface area contributed by atoms with Gasteiger partial charge < -0.3 is 5.32 Å². The van der Waals surface area contributed by atoms with Gasteiger partial charge in [-0.25, -0.2) is 0 Å². The number of amides is 1. The second kappa shape index (κ2) is 7.54. The van der Waals surface area contributed by atoms with Crippen molar-refractivity contribution in [2.24, 2.45) is 5.92 Å². The molecule has 0 aromatic carbocycles. The Kier molecular flexibility index (Phi) is 5.65. The van der Waals surface area contributed by atoms with Crippen molar-refractivity contribution in [1.29, 1.82) is 0 Å². The Hall–Kier alpha value is -0.580. The van der Waals surface area contributed by atoms with Crippen molar-refractivity contribution in [3.63, 3.8) is 0 Å². The summed E-state index contributed by atoms with van der Waals surface area (Å²) in [6, 6.07) is 5.61. The largest absolute Gasteiger partial charge is 0.348 e. The molecule has 2 bridgehead atoms. The molecule has 23 heavy (non-hydrogen) atoms. The number of hydrogen-bond acceptors (Lipinski definition) is 3. The molecule has 0 spiro atoms. The number of rotatable bonds is 6. The summed E-state index contributed by atoms with van der Waals surface area (Å²) in [6.45, 7) is 5.37. The van der Waals surface area contributed by atoms with Gasteiger partial charge in [0.15, 0.2) is 0 Å². The molecule has 2 unspecified atom stereocenters. The van der Waals surface area contributed by atoms with Gasteiger partial charge in [-0.2, -0.15) is 0 Å². The molecule has 0 saturated carbocycles. The number of nitrogens with one attached hydrogen (secondary N) is 1. The number of carbonyl (C=O) groups is 1. The van der Waals surface area contributed by atoms with E-state index in [1.165, 1.54) is 30.6 Å². The number of hydrogen-bond donors (Lipinski definition) is 1. The predicted molar refractivity (Wildman–Crippen MR) is 97.0 cm³/mol.